The van der Waals surface area contributed by atoms with Crippen LogP contribution in [0.4, 0.5) is 40.7 Å². The van der Waals surface area contributed by atoms with Gasteiger partial charge in [0.25, 0.3) is 5.91 Å². The molecule has 9 nitrogen and oxygen atoms in total. The van der Waals surface area contributed by atoms with Gasteiger partial charge in [-0.15, -0.1) is 0 Å². The molecule has 0 radical (unpaired) electrons. The Bertz CT molecular complexity index is 1420. The van der Waals surface area contributed by atoms with E-state index in [0.717, 1.165) is 12.6 Å². The SMILES string of the molecule is Cc1ccc(NC(=O)NC2(CC(=O)Nc3ccc(N(C)C(=O)C(F)(F)F)cc3)C(=O)Nc3ccccc32)cc1. The van der Waals surface area contributed by atoms with Crippen molar-refractivity contribution in [2.45, 2.75) is 25.1 Å². The number of hydrogen-bond acceptors (Lipinski definition) is 4. The lowest BCUT2D eigenvalue weighted by Crippen LogP contribution is -2.53. The van der Waals surface area contributed by atoms with E-state index in [0.29, 0.717) is 21.8 Å². The molecule has 0 saturated carbocycles. The maximum absolute atomic E-state index is 13.2. The highest BCUT2D eigenvalue weighted by Crippen LogP contribution is 2.38. The third-order valence-electron chi connectivity index (χ3n) is 6.17. The highest BCUT2D eigenvalue weighted by Gasteiger charge is 2.49. The van der Waals surface area contributed by atoms with Crippen LogP contribution in [0, 0.1) is 6.92 Å². The number of amides is 5. The van der Waals surface area contributed by atoms with Gasteiger partial charge >= 0.3 is 18.1 Å². The lowest BCUT2D eigenvalue weighted by Gasteiger charge is -2.28. The van der Waals surface area contributed by atoms with Gasteiger partial charge in [0, 0.05) is 35.4 Å². The van der Waals surface area contributed by atoms with Gasteiger partial charge in [0.2, 0.25) is 5.91 Å². The van der Waals surface area contributed by atoms with Crippen molar-refractivity contribution in [1.29, 1.82) is 0 Å². The maximum atomic E-state index is 13.2. The standard InChI is InChI=1S/C27H24F3N5O4/c1-16-7-9-18(10-8-16)32-25(39)34-26(20-5-3-4-6-21(20)33-23(26)37)15-22(36)31-17-11-13-19(14-12-17)35(2)24(38)27(28,29)30/h3-14H,15H2,1-2H3,(H,31,36)(H,33,37)(H2,32,34,39). The molecular formula is C27H24F3N5O4. The van der Waals surface area contributed by atoms with E-state index in [-0.39, 0.29) is 11.4 Å². The summed E-state index contributed by atoms with van der Waals surface area (Å²) in [6, 6.07) is 18.0. The molecule has 1 heterocycles. The van der Waals surface area contributed by atoms with Crippen molar-refractivity contribution < 1.29 is 32.3 Å². The number of urea groups is 1. The third kappa shape index (κ3) is 5.84. The zero-order valence-electron chi connectivity index (χ0n) is 20.8. The minimum atomic E-state index is -5.03. The average Bonchev–Trinajstić information content (AvgIpc) is 3.14. The fourth-order valence-electron chi connectivity index (χ4n) is 4.17. The number of carbonyl (C=O) groups excluding carboxylic acids is 4. The Kier molecular flexibility index (Phi) is 7.30. The molecule has 0 fully saturated rings. The van der Waals surface area contributed by atoms with Crippen LogP contribution in [-0.2, 0) is 19.9 Å². The molecule has 0 aromatic heterocycles. The first-order valence-corrected chi connectivity index (χ1v) is 11.7. The second-order valence-electron chi connectivity index (χ2n) is 8.98. The molecule has 1 aliphatic rings. The van der Waals surface area contributed by atoms with Crippen molar-refractivity contribution in [2.24, 2.45) is 0 Å². The Morgan fingerprint density at radius 1 is 0.897 bits per heavy atom. The fourth-order valence-corrected chi connectivity index (χ4v) is 4.17. The van der Waals surface area contributed by atoms with E-state index in [2.05, 4.69) is 21.3 Å². The highest BCUT2D eigenvalue weighted by molar-refractivity contribution is 6.11. The molecule has 1 unspecified atom stereocenters. The van der Waals surface area contributed by atoms with Crippen molar-refractivity contribution >= 4 is 46.5 Å². The Balaban J connectivity index is 1.53. The van der Waals surface area contributed by atoms with Gasteiger partial charge in [0.15, 0.2) is 5.54 Å². The number of rotatable bonds is 6. The van der Waals surface area contributed by atoms with E-state index in [1.54, 1.807) is 48.5 Å². The molecule has 0 bridgehead atoms. The molecule has 4 N–H and O–H groups in total. The first kappa shape index (κ1) is 27.2. The van der Waals surface area contributed by atoms with Gasteiger partial charge in [-0.05, 0) is 49.4 Å². The van der Waals surface area contributed by atoms with Crippen LogP contribution < -0.4 is 26.2 Å². The summed E-state index contributed by atoms with van der Waals surface area (Å²) in [6.45, 7) is 1.89. The van der Waals surface area contributed by atoms with Crippen molar-refractivity contribution in [3.8, 4) is 0 Å². The molecule has 3 aromatic carbocycles. The number of anilines is 4. The minimum absolute atomic E-state index is 0.0367. The highest BCUT2D eigenvalue weighted by atomic mass is 19.4. The van der Waals surface area contributed by atoms with E-state index in [1.165, 1.54) is 24.3 Å². The summed E-state index contributed by atoms with van der Waals surface area (Å²) in [5.74, 6) is -3.30. The number of nitrogens with zero attached hydrogens (tertiary/aromatic N) is 1. The van der Waals surface area contributed by atoms with Crippen LogP contribution in [0.5, 0.6) is 0 Å². The predicted molar refractivity (Wildman–Crippen MR) is 139 cm³/mol. The largest absolute Gasteiger partial charge is 0.471 e. The smallest absolute Gasteiger partial charge is 0.326 e. The minimum Gasteiger partial charge on any atom is -0.326 e. The third-order valence-corrected chi connectivity index (χ3v) is 6.17. The topological polar surface area (TPSA) is 120 Å². The second-order valence-corrected chi connectivity index (χ2v) is 8.98. The van der Waals surface area contributed by atoms with Crippen LogP contribution in [0.15, 0.2) is 72.8 Å². The summed E-state index contributed by atoms with van der Waals surface area (Å²) in [5, 5.41) is 10.6. The number of hydrogen-bond donors (Lipinski definition) is 4. The molecule has 0 spiro atoms. The quantitative estimate of drug-likeness (QED) is 0.368. The van der Waals surface area contributed by atoms with Crippen LogP contribution in [-0.4, -0.2) is 37.0 Å². The Morgan fingerprint density at radius 2 is 1.49 bits per heavy atom. The summed E-state index contributed by atoms with van der Waals surface area (Å²) in [5.41, 5.74) is 0.741. The molecule has 0 saturated heterocycles. The molecule has 5 amide bonds. The summed E-state index contributed by atoms with van der Waals surface area (Å²) in [6.07, 6.45) is -5.52. The number of nitrogens with one attached hydrogen (secondary N) is 4. The molecule has 12 heteroatoms. The van der Waals surface area contributed by atoms with E-state index in [4.69, 9.17) is 0 Å². The van der Waals surface area contributed by atoms with Gasteiger partial charge in [-0.1, -0.05) is 35.9 Å². The summed E-state index contributed by atoms with van der Waals surface area (Å²) in [4.78, 5) is 51.1. The second kappa shape index (κ2) is 10.5. The summed E-state index contributed by atoms with van der Waals surface area (Å²) < 4.78 is 38.2. The fraction of sp³-hybridized carbons (Fsp3) is 0.185. The lowest BCUT2D eigenvalue weighted by molar-refractivity contribution is -0.170. The van der Waals surface area contributed by atoms with Gasteiger partial charge in [-0.25, -0.2) is 4.79 Å². The molecular weight excluding hydrogens is 515 g/mol. The maximum Gasteiger partial charge on any atom is 0.471 e. The van der Waals surface area contributed by atoms with Crippen LogP contribution in [0.25, 0.3) is 0 Å². The zero-order valence-corrected chi connectivity index (χ0v) is 20.8. The van der Waals surface area contributed by atoms with E-state index >= 15 is 0 Å². The Morgan fingerprint density at radius 3 is 2.13 bits per heavy atom. The van der Waals surface area contributed by atoms with Crippen molar-refractivity contribution in [3.63, 3.8) is 0 Å². The molecule has 1 aliphatic heterocycles. The van der Waals surface area contributed by atoms with Crippen molar-refractivity contribution in [2.75, 3.05) is 27.9 Å². The van der Waals surface area contributed by atoms with Crippen LogP contribution >= 0.6 is 0 Å². The van der Waals surface area contributed by atoms with Crippen molar-refractivity contribution in [3.05, 3.63) is 83.9 Å². The molecule has 202 valence electrons. The van der Waals surface area contributed by atoms with Crippen LogP contribution in [0.1, 0.15) is 17.5 Å². The van der Waals surface area contributed by atoms with Gasteiger partial charge in [-0.2, -0.15) is 13.2 Å². The van der Waals surface area contributed by atoms with E-state index < -0.39 is 41.9 Å². The number of carbonyl (C=O) groups is 4. The summed E-state index contributed by atoms with van der Waals surface area (Å²) >= 11 is 0. The van der Waals surface area contributed by atoms with E-state index in [9.17, 15) is 32.3 Å². The normalized spacial score (nSPS) is 16.1. The first-order valence-electron chi connectivity index (χ1n) is 11.7. The number of benzene rings is 3. The number of alkyl halides is 3. The van der Waals surface area contributed by atoms with Gasteiger partial charge < -0.3 is 26.2 Å². The Hall–Kier alpha value is -4.87. The molecule has 4 rings (SSSR count). The predicted octanol–water partition coefficient (Wildman–Crippen LogP) is 4.52. The van der Waals surface area contributed by atoms with Gasteiger partial charge in [-0.3, -0.25) is 14.4 Å². The number of halogens is 3. The van der Waals surface area contributed by atoms with Crippen LogP contribution in [0.3, 0.4) is 0 Å². The average molecular weight is 540 g/mol. The zero-order chi connectivity index (χ0) is 28.4. The lowest BCUT2D eigenvalue weighted by atomic mass is 9.87. The molecule has 3 aromatic rings. The number of aryl methyl sites for hydroxylation is 1. The van der Waals surface area contributed by atoms with Gasteiger partial charge in [0.1, 0.15) is 0 Å². The van der Waals surface area contributed by atoms with E-state index in [1.807, 2.05) is 6.92 Å². The van der Waals surface area contributed by atoms with Crippen LogP contribution in [0.2, 0.25) is 0 Å². The molecule has 39 heavy (non-hydrogen) atoms. The van der Waals surface area contributed by atoms with Gasteiger partial charge in [0.05, 0.1) is 6.42 Å². The number of para-hydroxylation sites is 1. The first-order chi connectivity index (χ1) is 18.4. The summed E-state index contributed by atoms with van der Waals surface area (Å²) in [7, 11) is 0.983. The Labute approximate surface area is 221 Å². The molecule has 0 aliphatic carbocycles. The monoisotopic (exact) mass is 539 g/mol. The van der Waals surface area contributed by atoms with Crippen molar-refractivity contribution in [1.82, 2.24) is 5.32 Å². The molecule has 1 atom stereocenters. The number of fused-ring (bicyclic) bond motifs is 1.